The molecule has 0 atom stereocenters. The number of fused-ring (bicyclic) bond motifs is 1. The number of pyridine rings is 1. The van der Waals surface area contributed by atoms with Crippen molar-refractivity contribution in [1.29, 1.82) is 5.26 Å². The van der Waals surface area contributed by atoms with E-state index in [0.29, 0.717) is 17.9 Å². The van der Waals surface area contributed by atoms with Gasteiger partial charge in [0.2, 0.25) is 11.6 Å². The summed E-state index contributed by atoms with van der Waals surface area (Å²) in [6.45, 7) is 3.70. The lowest BCUT2D eigenvalue weighted by molar-refractivity contribution is -0.111. The second kappa shape index (κ2) is 4.41. The summed E-state index contributed by atoms with van der Waals surface area (Å²) in [6.07, 6.45) is 1.42. The molecule has 0 fully saturated rings. The van der Waals surface area contributed by atoms with Gasteiger partial charge in [-0.3, -0.25) is 9.59 Å². The van der Waals surface area contributed by atoms with Crippen molar-refractivity contribution in [2.75, 3.05) is 6.61 Å². The standard InChI is InChI=1S/C13H10N2O3/c1-3-18-13-7(2)11(16)12(17)10-8(13)4-5-15-9(10)6-14/h4-5H,3H2,1-2H3. The van der Waals surface area contributed by atoms with E-state index in [0.717, 1.165) is 0 Å². The highest BCUT2D eigenvalue weighted by Gasteiger charge is 2.34. The van der Waals surface area contributed by atoms with Gasteiger partial charge in [-0.25, -0.2) is 4.98 Å². The minimum absolute atomic E-state index is 0.0408. The van der Waals surface area contributed by atoms with Crippen LogP contribution < -0.4 is 0 Å². The van der Waals surface area contributed by atoms with Crippen molar-refractivity contribution in [3.63, 3.8) is 0 Å². The summed E-state index contributed by atoms with van der Waals surface area (Å²) in [5.74, 6) is -0.984. The predicted octanol–water partition coefficient (Wildman–Crippen LogP) is 1.49. The van der Waals surface area contributed by atoms with Gasteiger partial charge in [-0.05, 0) is 19.9 Å². The first kappa shape index (κ1) is 12.0. The van der Waals surface area contributed by atoms with Crippen LogP contribution in [0.1, 0.15) is 35.5 Å². The van der Waals surface area contributed by atoms with Gasteiger partial charge in [-0.15, -0.1) is 0 Å². The number of aromatic nitrogens is 1. The topological polar surface area (TPSA) is 80.1 Å². The third-order valence-electron chi connectivity index (χ3n) is 2.70. The Morgan fingerprint density at radius 2 is 2.11 bits per heavy atom. The fraction of sp³-hybridized carbons (Fsp3) is 0.231. The van der Waals surface area contributed by atoms with Crippen molar-refractivity contribution in [2.45, 2.75) is 13.8 Å². The number of Topliss-reactive ketones (excluding diaryl/α,β-unsaturated/α-hetero) is 2. The number of nitriles is 1. The molecule has 1 aromatic rings. The number of ether oxygens (including phenoxy) is 1. The molecular weight excluding hydrogens is 232 g/mol. The van der Waals surface area contributed by atoms with Gasteiger partial charge in [0.15, 0.2) is 5.69 Å². The molecule has 0 aliphatic heterocycles. The number of hydrogen-bond acceptors (Lipinski definition) is 5. The molecule has 0 aromatic carbocycles. The molecule has 0 unspecified atom stereocenters. The van der Waals surface area contributed by atoms with Crippen LogP contribution in [0, 0.1) is 11.3 Å². The summed E-state index contributed by atoms with van der Waals surface area (Å²) in [7, 11) is 0. The predicted molar refractivity (Wildman–Crippen MR) is 62.5 cm³/mol. The second-order valence-corrected chi connectivity index (χ2v) is 3.74. The molecule has 1 aromatic heterocycles. The number of carbonyl (C=O) groups excluding carboxylic acids is 2. The van der Waals surface area contributed by atoms with Crippen LogP contribution in [-0.4, -0.2) is 23.2 Å². The Bertz CT molecular complexity index is 624. The van der Waals surface area contributed by atoms with Gasteiger partial charge in [0.1, 0.15) is 11.8 Å². The van der Waals surface area contributed by atoms with Crippen LogP contribution in [0.3, 0.4) is 0 Å². The largest absolute Gasteiger partial charge is 0.493 e. The highest BCUT2D eigenvalue weighted by Crippen LogP contribution is 2.31. The zero-order chi connectivity index (χ0) is 13.3. The van der Waals surface area contributed by atoms with Crippen LogP contribution in [0.5, 0.6) is 0 Å². The fourth-order valence-electron chi connectivity index (χ4n) is 1.88. The normalized spacial score (nSPS) is 14.3. The maximum atomic E-state index is 11.9. The molecule has 90 valence electrons. The highest BCUT2D eigenvalue weighted by atomic mass is 16.5. The van der Waals surface area contributed by atoms with Crippen molar-refractivity contribution in [3.8, 4) is 6.07 Å². The number of carbonyl (C=O) groups is 2. The summed E-state index contributed by atoms with van der Waals surface area (Å²) >= 11 is 0. The van der Waals surface area contributed by atoms with E-state index in [1.54, 1.807) is 19.9 Å². The number of nitrogens with zero attached hydrogens (tertiary/aromatic N) is 2. The monoisotopic (exact) mass is 242 g/mol. The van der Waals surface area contributed by atoms with Crippen LogP contribution in [0.2, 0.25) is 0 Å². The minimum Gasteiger partial charge on any atom is -0.493 e. The van der Waals surface area contributed by atoms with E-state index in [9.17, 15) is 9.59 Å². The van der Waals surface area contributed by atoms with E-state index in [1.807, 2.05) is 6.07 Å². The average Bonchev–Trinajstić information content (AvgIpc) is 2.40. The van der Waals surface area contributed by atoms with Crippen molar-refractivity contribution in [3.05, 3.63) is 34.7 Å². The molecule has 5 nitrogen and oxygen atoms in total. The SMILES string of the molecule is CCOC1=C(C)C(=O)C(=O)c2c1ccnc2C#N. The molecule has 0 N–H and O–H groups in total. The van der Waals surface area contributed by atoms with Gasteiger partial charge < -0.3 is 4.74 Å². The van der Waals surface area contributed by atoms with E-state index in [1.165, 1.54) is 6.20 Å². The second-order valence-electron chi connectivity index (χ2n) is 3.74. The summed E-state index contributed by atoms with van der Waals surface area (Å²) < 4.78 is 5.41. The summed E-state index contributed by atoms with van der Waals surface area (Å²) in [6, 6.07) is 3.40. The van der Waals surface area contributed by atoms with Gasteiger partial charge >= 0.3 is 0 Å². The number of hydrogen-bond donors (Lipinski definition) is 0. The molecule has 1 heterocycles. The highest BCUT2D eigenvalue weighted by molar-refractivity contribution is 6.52. The third kappa shape index (κ3) is 1.59. The van der Waals surface area contributed by atoms with Gasteiger partial charge in [0, 0.05) is 17.3 Å². The van der Waals surface area contributed by atoms with Gasteiger partial charge in [0.25, 0.3) is 0 Å². The first-order valence-corrected chi connectivity index (χ1v) is 5.44. The van der Waals surface area contributed by atoms with E-state index >= 15 is 0 Å². The minimum atomic E-state index is -0.699. The first-order valence-electron chi connectivity index (χ1n) is 5.44. The van der Waals surface area contributed by atoms with Crippen molar-refractivity contribution in [1.82, 2.24) is 4.98 Å². The van der Waals surface area contributed by atoms with E-state index in [4.69, 9.17) is 10.00 Å². The van der Waals surface area contributed by atoms with Crippen molar-refractivity contribution in [2.24, 2.45) is 0 Å². The lowest BCUT2D eigenvalue weighted by Crippen LogP contribution is -2.25. The number of ketones is 2. The van der Waals surface area contributed by atoms with Crippen LogP contribution in [0.25, 0.3) is 5.76 Å². The molecule has 1 aliphatic rings. The van der Waals surface area contributed by atoms with Crippen LogP contribution >= 0.6 is 0 Å². The van der Waals surface area contributed by atoms with Crippen LogP contribution in [0.4, 0.5) is 0 Å². The van der Waals surface area contributed by atoms with E-state index < -0.39 is 11.6 Å². The summed E-state index contributed by atoms with van der Waals surface area (Å²) in [5, 5.41) is 8.95. The lowest BCUT2D eigenvalue weighted by atomic mass is 9.88. The molecule has 0 bridgehead atoms. The zero-order valence-corrected chi connectivity index (χ0v) is 9.98. The average molecular weight is 242 g/mol. The zero-order valence-electron chi connectivity index (χ0n) is 9.98. The van der Waals surface area contributed by atoms with E-state index in [2.05, 4.69) is 4.98 Å². The van der Waals surface area contributed by atoms with Gasteiger partial charge in [-0.1, -0.05) is 0 Å². The molecule has 5 heteroatoms. The molecule has 0 spiro atoms. The van der Waals surface area contributed by atoms with Gasteiger partial charge in [0.05, 0.1) is 12.2 Å². The molecule has 2 rings (SSSR count). The summed E-state index contributed by atoms with van der Waals surface area (Å²) in [4.78, 5) is 27.5. The number of rotatable bonds is 2. The Balaban J connectivity index is 2.78. The number of allylic oxidation sites excluding steroid dienone is 1. The maximum absolute atomic E-state index is 11.9. The molecule has 0 saturated carbocycles. The van der Waals surface area contributed by atoms with Crippen molar-refractivity contribution < 1.29 is 14.3 Å². The Morgan fingerprint density at radius 1 is 1.39 bits per heavy atom. The maximum Gasteiger partial charge on any atom is 0.236 e. The Morgan fingerprint density at radius 3 is 2.72 bits per heavy atom. The Labute approximate surface area is 104 Å². The quantitative estimate of drug-likeness (QED) is 0.734. The first-order chi connectivity index (χ1) is 8.61. The van der Waals surface area contributed by atoms with Crippen LogP contribution in [0.15, 0.2) is 17.8 Å². The molecule has 18 heavy (non-hydrogen) atoms. The Hall–Kier alpha value is -2.48. The summed E-state index contributed by atoms with van der Waals surface area (Å²) in [5.41, 5.74) is 0.726. The van der Waals surface area contributed by atoms with Crippen LogP contribution in [-0.2, 0) is 9.53 Å². The molecule has 0 radical (unpaired) electrons. The third-order valence-corrected chi connectivity index (χ3v) is 2.70. The molecular formula is C13H10N2O3. The van der Waals surface area contributed by atoms with Gasteiger partial charge in [-0.2, -0.15) is 5.26 Å². The van der Waals surface area contributed by atoms with Crippen molar-refractivity contribution >= 4 is 17.3 Å². The molecule has 0 saturated heterocycles. The smallest absolute Gasteiger partial charge is 0.236 e. The molecule has 0 amide bonds. The Kier molecular flexibility index (Phi) is 2.94. The fourth-order valence-corrected chi connectivity index (χ4v) is 1.88. The lowest BCUT2D eigenvalue weighted by Gasteiger charge is -2.19. The van der Waals surface area contributed by atoms with E-state index in [-0.39, 0.29) is 16.8 Å². The molecule has 1 aliphatic carbocycles.